The number of rotatable bonds is 1. The van der Waals surface area contributed by atoms with Crippen molar-refractivity contribution in [2.75, 3.05) is 0 Å². The van der Waals surface area contributed by atoms with E-state index < -0.39 is 0 Å². The molecule has 0 saturated carbocycles. The molecule has 0 bridgehead atoms. The van der Waals surface area contributed by atoms with Gasteiger partial charge in [-0.05, 0) is 30.3 Å². The SMILES string of the molecule is N[C@@H]1CC(c2ccc(F)cc2Cl)Oc2ccc(Br)cc21. The second kappa shape index (κ2) is 5.35. The fourth-order valence-corrected chi connectivity index (χ4v) is 3.10. The van der Waals surface area contributed by atoms with Crippen LogP contribution in [0.1, 0.15) is 29.7 Å². The third kappa shape index (κ3) is 2.55. The van der Waals surface area contributed by atoms with Gasteiger partial charge in [0.1, 0.15) is 17.7 Å². The van der Waals surface area contributed by atoms with Gasteiger partial charge in [0, 0.05) is 28.1 Å². The third-order valence-electron chi connectivity index (χ3n) is 3.42. The summed E-state index contributed by atoms with van der Waals surface area (Å²) in [4.78, 5) is 0. The largest absolute Gasteiger partial charge is 0.485 e. The van der Waals surface area contributed by atoms with Crippen LogP contribution in [0.2, 0.25) is 5.02 Å². The lowest BCUT2D eigenvalue weighted by Crippen LogP contribution is -2.24. The molecule has 0 fully saturated rings. The molecule has 0 aromatic heterocycles. The molecule has 0 aliphatic carbocycles. The van der Waals surface area contributed by atoms with Crippen molar-refractivity contribution in [3.8, 4) is 5.75 Å². The van der Waals surface area contributed by atoms with Crippen LogP contribution < -0.4 is 10.5 Å². The highest BCUT2D eigenvalue weighted by molar-refractivity contribution is 9.10. The highest BCUT2D eigenvalue weighted by atomic mass is 79.9. The van der Waals surface area contributed by atoms with Gasteiger partial charge >= 0.3 is 0 Å². The first-order valence-corrected chi connectivity index (χ1v) is 7.38. The number of benzene rings is 2. The van der Waals surface area contributed by atoms with Crippen molar-refractivity contribution in [3.63, 3.8) is 0 Å². The highest BCUT2D eigenvalue weighted by Crippen LogP contribution is 2.42. The van der Waals surface area contributed by atoms with Crippen LogP contribution in [0.3, 0.4) is 0 Å². The van der Waals surface area contributed by atoms with Gasteiger partial charge in [0.25, 0.3) is 0 Å². The van der Waals surface area contributed by atoms with E-state index >= 15 is 0 Å². The lowest BCUT2D eigenvalue weighted by Gasteiger charge is -2.31. The van der Waals surface area contributed by atoms with Crippen molar-refractivity contribution >= 4 is 27.5 Å². The number of nitrogens with two attached hydrogens (primary N) is 1. The lowest BCUT2D eigenvalue weighted by atomic mass is 9.93. The van der Waals surface area contributed by atoms with Crippen molar-refractivity contribution < 1.29 is 9.13 Å². The maximum absolute atomic E-state index is 13.1. The van der Waals surface area contributed by atoms with Crippen LogP contribution in [0, 0.1) is 5.82 Å². The molecule has 104 valence electrons. The monoisotopic (exact) mass is 355 g/mol. The van der Waals surface area contributed by atoms with Crippen molar-refractivity contribution in [2.45, 2.75) is 18.6 Å². The Bertz CT molecular complexity index is 664. The maximum atomic E-state index is 13.1. The van der Waals surface area contributed by atoms with E-state index in [2.05, 4.69) is 15.9 Å². The molecule has 2 nitrogen and oxygen atoms in total. The van der Waals surface area contributed by atoms with Gasteiger partial charge in [0.05, 0.1) is 5.02 Å². The molecule has 1 heterocycles. The Hall–Kier alpha value is -1.10. The van der Waals surface area contributed by atoms with Gasteiger partial charge in [0.15, 0.2) is 0 Å². The Morgan fingerprint density at radius 3 is 2.75 bits per heavy atom. The second-order valence-electron chi connectivity index (χ2n) is 4.80. The molecule has 5 heteroatoms. The van der Waals surface area contributed by atoms with Gasteiger partial charge in [-0.3, -0.25) is 0 Å². The average molecular weight is 357 g/mol. The van der Waals surface area contributed by atoms with Gasteiger partial charge in [-0.15, -0.1) is 0 Å². The smallest absolute Gasteiger partial charge is 0.127 e. The van der Waals surface area contributed by atoms with E-state index in [4.69, 9.17) is 22.1 Å². The number of halogens is 3. The van der Waals surface area contributed by atoms with Crippen LogP contribution in [0.4, 0.5) is 4.39 Å². The second-order valence-corrected chi connectivity index (χ2v) is 6.12. The average Bonchev–Trinajstić information content (AvgIpc) is 2.39. The molecule has 2 atom stereocenters. The summed E-state index contributed by atoms with van der Waals surface area (Å²) in [5.74, 6) is 0.389. The molecule has 2 N–H and O–H groups in total. The quantitative estimate of drug-likeness (QED) is 0.799. The van der Waals surface area contributed by atoms with Gasteiger partial charge in [0.2, 0.25) is 0 Å². The van der Waals surface area contributed by atoms with Crippen molar-refractivity contribution in [1.29, 1.82) is 0 Å². The first-order chi connectivity index (χ1) is 9.54. The minimum atomic E-state index is -0.358. The Labute approximate surface area is 129 Å². The topological polar surface area (TPSA) is 35.2 Å². The summed E-state index contributed by atoms with van der Waals surface area (Å²) in [6.45, 7) is 0. The maximum Gasteiger partial charge on any atom is 0.127 e. The van der Waals surface area contributed by atoms with Crippen LogP contribution in [0.15, 0.2) is 40.9 Å². The summed E-state index contributed by atoms with van der Waals surface area (Å²) in [7, 11) is 0. The molecule has 0 radical (unpaired) electrons. The van der Waals surface area contributed by atoms with E-state index in [0.29, 0.717) is 11.4 Å². The molecule has 3 rings (SSSR count). The van der Waals surface area contributed by atoms with E-state index in [1.54, 1.807) is 6.07 Å². The molecule has 2 aromatic carbocycles. The molecule has 1 aliphatic heterocycles. The summed E-state index contributed by atoms with van der Waals surface area (Å²) in [6, 6.07) is 9.93. The van der Waals surface area contributed by atoms with Crippen LogP contribution in [-0.4, -0.2) is 0 Å². The Morgan fingerprint density at radius 2 is 2.00 bits per heavy atom. The van der Waals surface area contributed by atoms with Gasteiger partial charge in [-0.25, -0.2) is 4.39 Å². The van der Waals surface area contributed by atoms with Crippen LogP contribution in [0.25, 0.3) is 0 Å². The van der Waals surface area contributed by atoms with Crippen molar-refractivity contribution in [2.24, 2.45) is 5.73 Å². The van der Waals surface area contributed by atoms with E-state index in [1.807, 2.05) is 18.2 Å². The number of ether oxygens (including phenoxy) is 1. The number of fused-ring (bicyclic) bond motifs is 1. The summed E-state index contributed by atoms with van der Waals surface area (Å²) in [5.41, 5.74) is 7.93. The zero-order valence-corrected chi connectivity index (χ0v) is 12.8. The Kier molecular flexibility index (Phi) is 3.71. The van der Waals surface area contributed by atoms with Crippen molar-refractivity contribution in [3.05, 3.63) is 62.8 Å². The number of hydrogen-bond donors (Lipinski definition) is 1. The molecule has 0 spiro atoms. The molecule has 1 aliphatic rings. The molecule has 0 amide bonds. The van der Waals surface area contributed by atoms with E-state index in [9.17, 15) is 4.39 Å². The van der Waals surface area contributed by atoms with E-state index in [1.165, 1.54) is 12.1 Å². The van der Waals surface area contributed by atoms with Crippen LogP contribution >= 0.6 is 27.5 Å². The van der Waals surface area contributed by atoms with Crippen LogP contribution in [-0.2, 0) is 0 Å². The first-order valence-electron chi connectivity index (χ1n) is 6.21. The van der Waals surface area contributed by atoms with Crippen LogP contribution in [0.5, 0.6) is 5.75 Å². The minimum Gasteiger partial charge on any atom is -0.485 e. The van der Waals surface area contributed by atoms with E-state index in [0.717, 1.165) is 21.3 Å². The predicted octanol–water partition coefficient (Wildman–Crippen LogP) is 4.77. The Balaban J connectivity index is 1.97. The molecule has 1 unspecified atom stereocenters. The first kappa shape index (κ1) is 13.9. The molecule has 2 aromatic rings. The summed E-state index contributed by atoms with van der Waals surface area (Å²) < 4.78 is 20.0. The zero-order chi connectivity index (χ0) is 14.3. The fourth-order valence-electron chi connectivity index (χ4n) is 2.43. The fraction of sp³-hybridized carbons (Fsp3) is 0.200. The van der Waals surface area contributed by atoms with Gasteiger partial charge in [-0.1, -0.05) is 33.6 Å². The zero-order valence-electron chi connectivity index (χ0n) is 10.4. The summed E-state index contributed by atoms with van der Waals surface area (Å²) in [6.07, 6.45) is 0.348. The van der Waals surface area contributed by atoms with Gasteiger partial charge < -0.3 is 10.5 Å². The standard InChI is InChI=1S/C15H12BrClFNO/c16-8-1-4-14-11(5-8)13(19)7-15(20-14)10-3-2-9(18)6-12(10)17/h1-6,13,15H,7,19H2/t13-,15?/m1/s1. The summed E-state index contributed by atoms with van der Waals surface area (Å²) >= 11 is 9.52. The number of hydrogen-bond acceptors (Lipinski definition) is 2. The van der Waals surface area contributed by atoms with E-state index in [-0.39, 0.29) is 18.0 Å². The lowest BCUT2D eigenvalue weighted by molar-refractivity contribution is 0.161. The molecular formula is C15H12BrClFNO. The molecular weight excluding hydrogens is 345 g/mol. The molecule has 20 heavy (non-hydrogen) atoms. The molecule has 0 saturated heterocycles. The highest BCUT2D eigenvalue weighted by Gasteiger charge is 2.28. The summed E-state index contributed by atoms with van der Waals surface area (Å²) in [5, 5.41) is 0.364. The normalized spacial score (nSPS) is 21.2. The van der Waals surface area contributed by atoms with Crippen molar-refractivity contribution in [1.82, 2.24) is 0 Å². The third-order valence-corrected chi connectivity index (χ3v) is 4.24. The minimum absolute atomic E-state index is 0.137. The van der Waals surface area contributed by atoms with Gasteiger partial charge in [-0.2, -0.15) is 0 Å². The predicted molar refractivity (Wildman–Crippen MR) is 80.5 cm³/mol. The Morgan fingerprint density at radius 1 is 1.20 bits per heavy atom.